The Morgan fingerprint density at radius 2 is 1.92 bits per heavy atom. The Balaban J connectivity index is 1.61. The number of aromatic nitrogens is 1. The zero-order valence-corrected chi connectivity index (χ0v) is 14.7. The fourth-order valence-corrected chi connectivity index (χ4v) is 2.35. The van der Waals surface area contributed by atoms with Gasteiger partial charge in [0.1, 0.15) is 11.4 Å². The predicted octanol–water partition coefficient (Wildman–Crippen LogP) is 4.19. The van der Waals surface area contributed by atoms with Crippen LogP contribution in [0.1, 0.15) is 31.4 Å². The molecule has 0 amide bonds. The molecule has 5 nitrogen and oxygen atoms in total. The summed E-state index contributed by atoms with van der Waals surface area (Å²) >= 11 is 5.83. The van der Waals surface area contributed by atoms with Crippen molar-refractivity contribution in [1.29, 1.82) is 5.26 Å². The number of halogens is 1. The molecule has 0 aliphatic rings. The van der Waals surface area contributed by atoms with Gasteiger partial charge in [0, 0.05) is 17.8 Å². The number of nitriles is 1. The predicted molar refractivity (Wildman–Crippen MR) is 99.8 cm³/mol. The van der Waals surface area contributed by atoms with Crippen LogP contribution >= 0.6 is 11.6 Å². The van der Waals surface area contributed by atoms with Gasteiger partial charge in [-0.3, -0.25) is 15.3 Å². The number of unbranched alkanes of at least 4 members (excludes halogenated alkanes) is 3. The Labute approximate surface area is 153 Å². The number of pyridine rings is 1. The number of ether oxygens (including phenoxy) is 1. The van der Waals surface area contributed by atoms with E-state index in [4.69, 9.17) is 21.6 Å². The molecule has 0 fully saturated rings. The van der Waals surface area contributed by atoms with Gasteiger partial charge in [0.15, 0.2) is 12.0 Å². The minimum Gasteiger partial charge on any atom is -0.494 e. The van der Waals surface area contributed by atoms with Crippen LogP contribution in [0.25, 0.3) is 0 Å². The molecule has 0 aliphatic carbocycles. The highest BCUT2D eigenvalue weighted by molar-refractivity contribution is 6.30. The molecule has 1 aromatic carbocycles. The third-order valence-corrected chi connectivity index (χ3v) is 3.74. The number of aliphatic imine (C=N–C) groups is 1. The molecule has 0 atom stereocenters. The molecule has 0 saturated heterocycles. The maximum atomic E-state index is 8.82. The van der Waals surface area contributed by atoms with E-state index in [0.29, 0.717) is 29.7 Å². The standard InChI is InChI=1S/C19H21ClN4O/c20-16-8-10-17(11-9-16)25-14-6-2-1-4-13-23-19(24-15-21)18-7-3-5-12-22-18/h3,5,7-12H,1-2,4,6,13-14H2,(H,23,24). The Kier molecular flexibility index (Phi) is 8.30. The Morgan fingerprint density at radius 1 is 1.12 bits per heavy atom. The minimum atomic E-state index is 0.522. The molecule has 2 rings (SSSR count). The number of benzene rings is 1. The number of hydrogen-bond acceptors (Lipinski definition) is 4. The van der Waals surface area contributed by atoms with Crippen molar-refractivity contribution in [2.75, 3.05) is 13.2 Å². The summed E-state index contributed by atoms with van der Waals surface area (Å²) in [4.78, 5) is 8.64. The molecule has 0 bridgehead atoms. The van der Waals surface area contributed by atoms with E-state index in [2.05, 4.69) is 15.3 Å². The van der Waals surface area contributed by atoms with Crippen molar-refractivity contribution >= 4 is 17.4 Å². The van der Waals surface area contributed by atoms with Crippen molar-refractivity contribution in [1.82, 2.24) is 10.3 Å². The second kappa shape index (κ2) is 11.1. The van der Waals surface area contributed by atoms with Gasteiger partial charge in [0.05, 0.1) is 6.61 Å². The zero-order valence-electron chi connectivity index (χ0n) is 14.0. The smallest absolute Gasteiger partial charge is 0.182 e. The van der Waals surface area contributed by atoms with Gasteiger partial charge in [-0.2, -0.15) is 5.26 Å². The van der Waals surface area contributed by atoms with E-state index in [1.54, 1.807) is 6.20 Å². The van der Waals surface area contributed by atoms with Gasteiger partial charge in [0.2, 0.25) is 0 Å². The van der Waals surface area contributed by atoms with Gasteiger partial charge in [0.25, 0.3) is 0 Å². The molecule has 0 spiro atoms. The third kappa shape index (κ3) is 7.23. The lowest BCUT2D eigenvalue weighted by Crippen LogP contribution is -2.20. The van der Waals surface area contributed by atoms with E-state index in [1.165, 1.54) is 0 Å². The molecular formula is C19H21ClN4O. The molecule has 1 aromatic heterocycles. The van der Waals surface area contributed by atoms with Crippen LogP contribution in [0.2, 0.25) is 5.02 Å². The fraction of sp³-hybridized carbons (Fsp3) is 0.316. The average molecular weight is 357 g/mol. The van der Waals surface area contributed by atoms with Crippen molar-refractivity contribution in [3.8, 4) is 11.9 Å². The van der Waals surface area contributed by atoms with E-state index >= 15 is 0 Å². The summed E-state index contributed by atoms with van der Waals surface area (Å²) < 4.78 is 5.66. The lowest BCUT2D eigenvalue weighted by Gasteiger charge is -2.06. The fourth-order valence-electron chi connectivity index (χ4n) is 2.22. The van der Waals surface area contributed by atoms with Crippen LogP contribution in [0.5, 0.6) is 5.75 Å². The average Bonchev–Trinajstić information content (AvgIpc) is 2.65. The first kappa shape index (κ1) is 18.8. The summed E-state index contributed by atoms with van der Waals surface area (Å²) in [6.07, 6.45) is 7.69. The molecule has 0 radical (unpaired) electrons. The number of nitrogens with one attached hydrogen (secondary N) is 1. The van der Waals surface area contributed by atoms with Crippen LogP contribution in [-0.4, -0.2) is 24.0 Å². The van der Waals surface area contributed by atoms with Gasteiger partial charge in [-0.25, -0.2) is 0 Å². The SMILES string of the molecule is N#CNC(=NCCCCCCOc1ccc(Cl)cc1)c1ccccn1. The van der Waals surface area contributed by atoms with Crippen LogP contribution in [0.4, 0.5) is 0 Å². The zero-order chi connectivity index (χ0) is 17.7. The molecule has 1 heterocycles. The lowest BCUT2D eigenvalue weighted by atomic mass is 10.2. The van der Waals surface area contributed by atoms with Gasteiger partial charge >= 0.3 is 0 Å². The number of rotatable bonds is 9. The minimum absolute atomic E-state index is 0.522. The van der Waals surface area contributed by atoms with Crippen LogP contribution < -0.4 is 10.1 Å². The van der Waals surface area contributed by atoms with E-state index in [-0.39, 0.29) is 0 Å². The monoisotopic (exact) mass is 356 g/mol. The highest BCUT2D eigenvalue weighted by Crippen LogP contribution is 2.15. The van der Waals surface area contributed by atoms with E-state index in [0.717, 1.165) is 31.4 Å². The second-order valence-electron chi connectivity index (χ2n) is 5.40. The van der Waals surface area contributed by atoms with E-state index in [1.807, 2.05) is 48.7 Å². The summed E-state index contributed by atoms with van der Waals surface area (Å²) in [6.45, 7) is 1.36. The molecule has 25 heavy (non-hydrogen) atoms. The lowest BCUT2D eigenvalue weighted by molar-refractivity contribution is 0.305. The normalized spacial score (nSPS) is 11.0. The first-order chi connectivity index (χ1) is 12.3. The number of hydrogen-bond donors (Lipinski definition) is 1. The van der Waals surface area contributed by atoms with Crippen molar-refractivity contribution in [2.45, 2.75) is 25.7 Å². The van der Waals surface area contributed by atoms with Crippen LogP contribution in [0.3, 0.4) is 0 Å². The highest BCUT2D eigenvalue weighted by atomic mass is 35.5. The van der Waals surface area contributed by atoms with Crippen molar-refractivity contribution in [3.05, 3.63) is 59.4 Å². The molecule has 1 N–H and O–H groups in total. The van der Waals surface area contributed by atoms with Crippen LogP contribution in [0, 0.1) is 11.5 Å². The van der Waals surface area contributed by atoms with Gasteiger partial charge in [-0.1, -0.05) is 24.1 Å². The summed E-state index contributed by atoms with van der Waals surface area (Å²) in [6, 6.07) is 12.9. The molecular weight excluding hydrogens is 336 g/mol. The number of amidine groups is 1. The maximum Gasteiger partial charge on any atom is 0.182 e. The maximum absolute atomic E-state index is 8.82. The molecule has 6 heteroatoms. The quantitative estimate of drug-likeness (QED) is 0.240. The highest BCUT2D eigenvalue weighted by Gasteiger charge is 2.02. The Bertz CT molecular complexity index is 696. The van der Waals surface area contributed by atoms with Crippen LogP contribution in [0.15, 0.2) is 53.7 Å². The topological polar surface area (TPSA) is 70.3 Å². The second-order valence-corrected chi connectivity index (χ2v) is 5.84. The third-order valence-electron chi connectivity index (χ3n) is 3.49. The van der Waals surface area contributed by atoms with Crippen molar-refractivity contribution in [3.63, 3.8) is 0 Å². The van der Waals surface area contributed by atoms with Gasteiger partial charge in [-0.15, -0.1) is 0 Å². The largest absolute Gasteiger partial charge is 0.494 e. The summed E-state index contributed by atoms with van der Waals surface area (Å²) in [5.41, 5.74) is 0.681. The first-order valence-corrected chi connectivity index (χ1v) is 8.67. The molecule has 0 unspecified atom stereocenters. The van der Waals surface area contributed by atoms with Crippen LogP contribution in [-0.2, 0) is 0 Å². The Morgan fingerprint density at radius 3 is 2.64 bits per heavy atom. The molecule has 0 aliphatic heterocycles. The number of nitrogens with zero attached hydrogens (tertiary/aromatic N) is 3. The van der Waals surface area contributed by atoms with E-state index in [9.17, 15) is 0 Å². The van der Waals surface area contributed by atoms with Gasteiger partial charge in [-0.05, 0) is 55.7 Å². The van der Waals surface area contributed by atoms with Crippen molar-refractivity contribution < 1.29 is 4.74 Å². The van der Waals surface area contributed by atoms with E-state index < -0.39 is 0 Å². The summed E-state index contributed by atoms with van der Waals surface area (Å²) in [5.74, 6) is 1.37. The molecule has 130 valence electrons. The first-order valence-electron chi connectivity index (χ1n) is 8.29. The summed E-state index contributed by atoms with van der Waals surface area (Å²) in [5, 5.41) is 12.1. The van der Waals surface area contributed by atoms with Gasteiger partial charge < -0.3 is 4.74 Å². The molecule has 0 saturated carbocycles. The Hall–Kier alpha value is -2.58. The van der Waals surface area contributed by atoms with Crippen molar-refractivity contribution in [2.24, 2.45) is 4.99 Å². The molecule has 2 aromatic rings. The summed E-state index contributed by atoms with van der Waals surface area (Å²) in [7, 11) is 0.